The van der Waals surface area contributed by atoms with E-state index in [2.05, 4.69) is 9.72 Å². The van der Waals surface area contributed by atoms with Crippen molar-refractivity contribution >= 4 is 17.3 Å². The van der Waals surface area contributed by atoms with E-state index in [-0.39, 0.29) is 5.69 Å². The summed E-state index contributed by atoms with van der Waals surface area (Å²) in [5.74, 6) is -0.728. The maximum atomic E-state index is 12.5. The molecule has 0 aliphatic rings. The Morgan fingerprint density at radius 3 is 2.72 bits per heavy atom. The number of rotatable bonds is 4. The number of nitrogen functional groups attached to an aromatic ring is 1. The van der Waals surface area contributed by atoms with E-state index in [1.807, 2.05) is 0 Å². The fourth-order valence-electron chi connectivity index (χ4n) is 1.28. The van der Waals surface area contributed by atoms with Crippen LogP contribution in [0.15, 0.2) is 6.20 Å². The van der Waals surface area contributed by atoms with Gasteiger partial charge in [-0.2, -0.15) is 0 Å². The molecule has 1 heterocycles. The van der Waals surface area contributed by atoms with Crippen molar-refractivity contribution in [3.8, 4) is 0 Å². The van der Waals surface area contributed by atoms with E-state index in [9.17, 15) is 23.7 Å². The number of nitrogens with two attached hydrogens (primary N) is 1. The number of nitro groups is 1. The lowest BCUT2D eigenvalue weighted by molar-refractivity contribution is -0.385. The van der Waals surface area contributed by atoms with E-state index in [1.165, 1.54) is 0 Å². The molecular weight excluding hydrogens is 252 g/mol. The normalized spacial score (nSPS) is 10.4. The van der Waals surface area contributed by atoms with Crippen LogP contribution in [-0.2, 0) is 16.0 Å². The van der Waals surface area contributed by atoms with E-state index in [0.29, 0.717) is 6.20 Å². The topological polar surface area (TPSA) is 108 Å². The van der Waals surface area contributed by atoms with E-state index in [1.54, 1.807) is 0 Å². The van der Waals surface area contributed by atoms with Crippen LogP contribution in [0.25, 0.3) is 0 Å². The van der Waals surface area contributed by atoms with Crippen molar-refractivity contribution in [2.45, 2.75) is 12.8 Å². The Bertz CT molecular complexity index is 493. The number of carbonyl (C=O) groups excluding carboxylic acids is 1. The summed E-state index contributed by atoms with van der Waals surface area (Å²) in [6, 6.07) is 0. The summed E-state index contributed by atoms with van der Waals surface area (Å²) >= 11 is 0. The molecule has 0 saturated carbocycles. The SMILES string of the molecule is COC(=O)Cc1ncc(C(F)F)c([N+](=O)[O-])c1N. The summed E-state index contributed by atoms with van der Waals surface area (Å²) in [5, 5.41) is 10.7. The van der Waals surface area contributed by atoms with Crippen molar-refractivity contribution in [3.05, 3.63) is 27.6 Å². The molecule has 0 aliphatic carbocycles. The number of hydrogen-bond acceptors (Lipinski definition) is 6. The number of alkyl halides is 2. The number of hydrogen-bond donors (Lipinski definition) is 1. The minimum atomic E-state index is -3.08. The van der Waals surface area contributed by atoms with Crippen molar-refractivity contribution < 1.29 is 23.2 Å². The Morgan fingerprint density at radius 1 is 1.67 bits per heavy atom. The smallest absolute Gasteiger partial charge is 0.311 e. The number of carbonyl (C=O) groups is 1. The molecule has 0 saturated heterocycles. The van der Waals surface area contributed by atoms with E-state index >= 15 is 0 Å². The molecule has 1 aromatic rings. The number of aromatic nitrogens is 1. The van der Waals surface area contributed by atoms with Gasteiger partial charge in [-0.25, -0.2) is 8.78 Å². The van der Waals surface area contributed by atoms with Gasteiger partial charge in [-0.15, -0.1) is 0 Å². The summed E-state index contributed by atoms with van der Waals surface area (Å²) in [4.78, 5) is 24.2. The number of ether oxygens (including phenoxy) is 1. The number of pyridine rings is 1. The van der Waals surface area contributed by atoms with Gasteiger partial charge in [-0.05, 0) is 0 Å². The third-order valence-electron chi connectivity index (χ3n) is 2.16. The fraction of sp³-hybridized carbons (Fsp3) is 0.333. The molecule has 0 spiro atoms. The zero-order valence-electron chi connectivity index (χ0n) is 9.22. The highest BCUT2D eigenvalue weighted by atomic mass is 19.3. The van der Waals surface area contributed by atoms with Crippen LogP contribution in [0.1, 0.15) is 17.7 Å². The van der Waals surface area contributed by atoms with Crippen LogP contribution in [0.3, 0.4) is 0 Å². The first-order valence-corrected chi connectivity index (χ1v) is 4.65. The Balaban J connectivity index is 3.30. The minimum Gasteiger partial charge on any atom is -0.469 e. The number of nitrogens with zero attached hydrogens (tertiary/aromatic N) is 2. The maximum Gasteiger partial charge on any atom is 0.311 e. The van der Waals surface area contributed by atoms with Crippen molar-refractivity contribution in [1.82, 2.24) is 4.98 Å². The molecule has 2 N–H and O–H groups in total. The number of methoxy groups -OCH3 is 1. The van der Waals surface area contributed by atoms with Crippen molar-refractivity contribution in [2.75, 3.05) is 12.8 Å². The highest BCUT2D eigenvalue weighted by Crippen LogP contribution is 2.34. The van der Waals surface area contributed by atoms with Gasteiger partial charge in [0.25, 0.3) is 6.43 Å². The Labute approximate surface area is 99.7 Å². The lowest BCUT2D eigenvalue weighted by atomic mass is 10.1. The molecule has 98 valence electrons. The largest absolute Gasteiger partial charge is 0.469 e. The predicted molar refractivity (Wildman–Crippen MR) is 56.0 cm³/mol. The Kier molecular flexibility index (Phi) is 4.08. The molecule has 0 aromatic carbocycles. The second kappa shape index (κ2) is 5.34. The molecule has 9 heteroatoms. The standard InChI is InChI=1S/C9H9F2N3O4/c1-18-6(15)2-5-7(12)8(14(16)17)4(3-13-5)9(10)11/h3,9H,2,12H2,1H3. The van der Waals surface area contributed by atoms with Crippen LogP contribution in [0.2, 0.25) is 0 Å². The summed E-state index contributed by atoms with van der Waals surface area (Å²) in [5.41, 5.74) is 2.84. The predicted octanol–water partition coefficient (Wildman–Crippen LogP) is 1.23. The molecule has 0 aliphatic heterocycles. The summed E-state index contributed by atoms with van der Waals surface area (Å²) in [7, 11) is 1.11. The summed E-state index contributed by atoms with van der Waals surface area (Å²) in [6.45, 7) is 0. The monoisotopic (exact) mass is 261 g/mol. The minimum absolute atomic E-state index is 0.169. The zero-order chi connectivity index (χ0) is 13.9. The fourth-order valence-corrected chi connectivity index (χ4v) is 1.28. The molecule has 7 nitrogen and oxygen atoms in total. The van der Waals surface area contributed by atoms with Gasteiger partial charge in [-0.1, -0.05) is 0 Å². The average Bonchev–Trinajstić information content (AvgIpc) is 2.30. The van der Waals surface area contributed by atoms with E-state index in [4.69, 9.17) is 5.73 Å². The van der Waals surface area contributed by atoms with Gasteiger partial charge in [0.05, 0.1) is 24.1 Å². The van der Waals surface area contributed by atoms with Gasteiger partial charge in [0.15, 0.2) is 0 Å². The zero-order valence-corrected chi connectivity index (χ0v) is 9.22. The molecule has 0 radical (unpaired) electrons. The van der Waals surface area contributed by atoms with Gasteiger partial charge < -0.3 is 10.5 Å². The van der Waals surface area contributed by atoms with Crippen molar-refractivity contribution in [3.63, 3.8) is 0 Å². The number of halogens is 2. The average molecular weight is 261 g/mol. The molecule has 0 unspecified atom stereocenters. The summed E-state index contributed by atoms with van der Waals surface area (Å²) < 4.78 is 29.4. The third-order valence-corrected chi connectivity index (χ3v) is 2.16. The van der Waals surface area contributed by atoms with Gasteiger partial charge in [0, 0.05) is 6.20 Å². The van der Waals surface area contributed by atoms with Gasteiger partial charge in [0.2, 0.25) is 0 Å². The second-order valence-electron chi connectivity index (χ2n) is 3.23. The van der Waals surface area contributed by atoms with Crippen molar-refractivity contribution in [2.24, 2.45) is 0 Å². The first kappa shape index (κ1) is 13.7. The first-order chi connectivity index (χ1) is 8.38. The van der Waals surface area contributed by atoms with Crippen LogP contribution in [0, 0.1) is 10.1 Å². The molecule has 18 heavy (non-hydrogen) atoms. The highest BCUT2D eigenvalue weighted by molar-refractivity contribution is 5.76. The Morgan fingerprint density at radius 2 is 2.28 bits per heavy atom. The second-order valence-corrected chi connectivity index (χ2v) is 3.23. The van der Waals surface area contributed by atoms with Crippen LogP contribution in [0.4, 0.5) is 20.2 Å². The summed E-state index contributed by atoms with van der Waals surface area (Å²) in [6.07, 6.45) is -2.86. The quantitative estimate of drug-likeness (QED) is 0.496. The molecule has 0 bridgehead atoms. The van der Waals surface area contributed by atoms with Crippen LogP contribution >= 0.6 is 0 Å². The van der Waals surface area contributed by atoms with Gasteiger partial charge in [-0.3, -0.25) is 19.9 Å². The lowest BCUT2D eigenvalue weighted by Crippen LogP contribution is -2.11. The van der Waals surface area contributed by atoms with E-state index < -0.39 is 40.7 Å². The molecule has 0 atom stereocenters. The molecule has 0 fully saturated rings. The molecule has 0 amide bonds. The molecular formula is C9H9F2N3O4. The van der Waals surface area contributed by atoms with Crippen molar-refractivity contribution in [1.29, 1.82) is 0 Å². The van der Waals surface area contributed by atoms with Gasteiger partial charge in [0.1, 0.15) is 11.3 Å². The Hall–Kier alpha value is -2.32. The number of esters is 1. The third kappa shape index (κ3) is 2.67. The number of anilines is 1. The van der Waals surface area contributed by atoms with Crippen LogP contribution in [0.5, 0.6) is 0 Å². The van der Waals surface area contributed by atoms with E-state index in [0.717, 1.165) is 7.11 Å². The molecule has 1 rings (SSSR count). The van der Waals surface area contributed by atoms with Crippen LogP contribution < -0.4 is 5.73 Å². The highest BCUT2D eigenvalue weighted by Gasteiger charge is 2.28. The van der Waals surface area contributed by atoms with Gasteiger partial charge >= 0.3 is 11.7 Å². The maximum absolute atomic E-state index is 12.5. The molecule has 1 aromatic heterocycles. The first-order valence-electron chi connectivity index (χ1n) is 4.65. The van der Waals surface area contributed by atoms with Crippen LogP contribution in [-0.4, -0.2) is 23.0 Å². The lowest BCUT2D eigenvalue weighted by Gasteiger charge is -2.07.